The van der Waals surface area contributed by atoms with Gasteiger partial charge in [0.15, 0.2) is 0 Å². The zero-order chi connectivity index (χ0) is 12.6. The Morgan fingerprint density at radius 3 is 2.12 bits per heavy atom. The summed E-state index contributed by atoms with van der Waals surface area (Å²) >= 11 is 0. The molecule has 0 aromatic carbocycles. The van der Waals surface area contributed by atoms with Crippen LogP contribution in [0, 0.1) is 0 Å². The highest BCUT2D eigenvalue weighted by Gasteiger charge is 2.36. The minimum absolute atomic E-state index is 0.0432. The van der Waals surface area contributed by atoms with Crippen molar-refractivity contribution in [2.75, 3.05) is 41.5 Å². The number of carboxylic acid groups (broad SMARTS) is 1. The number of carboxylic acids is 1. The average molecular weight is 251 g/mol. The number of nitrogens with zero attached hydrogens (tertiary/aromatic N) is 1. The van der Waals surface area contributed by atoms with Crippen molar-refractivity contribution in [2.45, 2.75) is 12.5 Å². The lowest BCUT2D eigenvalue weighted by molar-refractivity contribution is -0.137. The Morgan fingerprint density at radius 2 is 1.75 bits per heavy atom. The molecule has 0 aromatic heterocycles. The van der Waals surface area contributed by atoms with E-state index in [1.54, 1.807) is 33.3 Å². The van der Waals surface area contributed by atoms with Gasteiger partial charge in [-0.1, -0.05) is 0 Å². The zero-order valence-corrected chi connectivity index (χ0v) is 11.4. The molecule has 0 aliphatic carbocycles. The maximum atomic E-state index is 10.4. The van der Waals surface area contributed by atoms with Gasteiger partial charge in [0.05, 0.1) is 6.54 Å². The van der Waals surface area contributed by atoms with Crippen LogP contribution in [0.3, 0.4) is 0 Å². The van der Waals surface area contributed by atoms with Crippen LogP contribution in [-0.4, -0.2) is 66.2 Å². The standard InChI is InChI=1S/C9H21NO5Si/c1-10(8-9(11)12)6-5-7-16(13-2,14-3)15-4/h5-8H2,1-4H3,(H,11,12). The van der Waals surface area contributed by atoms with Crippen molar-refractivity contribution < 1.29 is 23.2 Å². The van der Waals surface area contributed by atoms with Gasteiger partial charge in [-0.05, 0) is 20.0 Å². The van der Waals surface area contributed by atoms with E-state index in [-0.39, 0.29) is 6.54 Å². The number of carbonyl (C=O) groups is 1. The molecule has 0 heterocycles. The molecule has 0 aliphatic heterocycles. The first-order chi connectivity index (χ1) is 7.49. The lowest BCUT2D eigenvalue weighted by atomic mass is 10.4. The van der Waals surface area contributed by atoms with Gasteiger partial charge in [-0.3, -0.25) is 9.69 Å². The lowest BCUT2D eigenvalue weighted by Crippen LogP contribution is -2.43. The van der Waals surface area contributed by atoms with E-state index in [0.29, 0.717) is 12.6 Å². The van der Waals surface area contributed by atoms with Crippen molar-refractivity contribution in [1.82, 2.24) is 4.90 Å². The van der Waals surface area contributed by atoms with Crippen LogP contribution in [0.4, 0.5) is 0 Å². The minimum Gasteiger partial charge on any atom is -0.480 e. The largest absolute Gasteiger partial charge is 0.500 e. The quantitative estimate of drug-likeness (QED) is 0.593. The van der Waals surface area contributed by atoms with Crippen LogP contribution >= 0.6 is 0 Å². The molecule has 0 spiro atoms. The third-order valence-electron chi connectivity index (χ3n) is 2.36. The molecule has 6 nitrogen and oxygen atoms in total. The van der Waals surface area contributed by atoms with Gasteiger partial charge < -0.3 is 18.4 Å². The van der Waals surface area contributed by atoms with E-state index >= 15 is 0 Å². The van der Waals surface area contributed by atoms with Crippen LogP contribution in [0.15, 0.2) is 0 Å². The van der Waals surface area contributed by atoms with Crippen molar-refractivity contribution >= 4 is 14.8 Å². The second-order valence-corrected chi connectivity index (χ2v) is 6.62. The molecule has 0 radical (unpaired) electrons. The fraction of sp³-hybridized carbons (Fsp3) is 0.889. The summed E-state index contributed by atoms with van der Waals surface area (Å²) in [5.74, 6) is -0.823. The molecule has 0 aromatic rings. The molecule has 0 saturated carbocycles. The van der Waals surface area contributed by atoms with Crippen LogP contribution in [-0.2, 0) is 18.1 Å². The predicted octanol–water partition coefficient (Wildman–Crippen LogP) is 0.271. The number of hydrogen-bond acceptors (Lipinski definition) is 5. The van der Waals surface area contributed by atoms with Gasteiger partial charge in [0, 0.05) is 27.4 Å². The van der Waals surface area contributed by atoms with Gasteiger partial charge in [-0.25, -0.2) is 0 Å². The molecule has 0 saturated heterocycles. The normalized spacial score (nSPS) is 12.1. The maximum absolute atomic E-state index is 10.4. The third-order valence-corrected chi connectivity index (χ3v) is 5.19. The predicted molar refractivity (Wildman–Crippen MR) is 61.3 cm³/mol. The Bertz CT molecular complexity index is 202. The summed E-state index contributed by atoms with van der Waals surface area (Å²) < 4.78 is 15.8. The maximum Gasteiger partial charge on any atom is 0.500 e. The molecule has 0 bridgehead atoms. The fourth-order valence-electron chi connectivity index (χ4n) is 1.43. The smallest absolute Gasteiger partial charge is 0.480 e. The van der Waals surface area contributed by atoms with E-state index in [2.05, 4.69) is 0 Å². The molecule has 1 N–H and O–H groups in total. The van der Waals surface area contributed by atoms with E-state index in [4.69, 9.17) is 18.4 Å². The molecule has 0 amide bonds. The molecule has 0 rings (SSSR count). The summed E-state index contributed by atoms with van der Waals surface area (Å²) in [4.78, 5) is 12.2. The SMILES string of the molecule is CO[Si](CCCN(C)CC(=O)O)(OC)OC. The summed E-state index contributed by atoms with van der Waals surface area (Å²) in [6.07, 6.45) is 0.783. The summed E-state index contributed by atoms with van der Waals surface area (Å²) in [6, 6.07) is 0.681. The van der Waals surface area contributed by atoms with Gasteiger partial charge in [-0.15, -0.1) is 0 Å². The van der Waals surface area contributed by atoms with E-state index in [9.17, 15) is 4.79 Å². The first kappa shape index (κ1) is 15.5. The van der Waals surface area contributed by atoms with Crippen LogP contribution in [0.25, 0.3) is 0 Å². The Kier molecular flexibility index (Phi) is 7.51. The van der Waals surface area contributed by atoms with Gasteiger partial charge in [0.1, 0.15) is 0 Å². The summed E-state index contributed by atoms with van der Waals surface area (Å²) in [6.45, 7) is 0.721. The second kappa shape index (κ2) is 7.74. The Labute approximate surface area is 97.5 Å². The third kappa shape index (κ3) is 5.57. The monoisotopic (exact) mass is 251 g/mol. The van der Waals surface area contributed by atoms with Crippen molar-refractivity contribution in [3.8, 4) is 0 Å². The van der Waals surface area contributed by atoms with Crippen molar-refractivity contribution in [2.24, 2.45) is 0 Å². The van der Waals surface area contributed by atoms with E-state index in [0.717, 1.165) is 6.42 Å². The molecular weight excluding hydrogens is 230 g/mol. The topological polar surface area (TPSA) is 68.2 Å². The van der Waals surface area contributed by atoms with Crippen LogP contribution in [0.2, 0.25) is 6.04 Å². The Morgan fingerprint density at radius 1 is 1.25 bits per heavy atom. The molecule has 0 fully saturated rings. The minimum atomic E-state index is -2.50. The van der Waals surface area contributed by atoms with Gasteiger partial charge in [0.25, 0.3) is 0 Å². The molecule has 0 aliphatic rings. The highest BCUT2D eigenvalue weighted by molar-refractivity contribution is 6.60. The number of aliphatic carboxylic acids is 1. The Hall–Kier alpha value is -0.473. The summed E-state index contributed by atoms with van der Waals surface area (Å²) in [5.41, 5.74) is 0. The van der Waals surface area contributed by atoms with Gasteiger partial charge in [-0.2, -0.15) is 0 Å². The average Bonchev–Trinajstić information content (AvgIpc) is 2.24. The lowest BCUT2D eigenvalue weighted by Gasteiger charge is -2.25. The van der Waals surface area contributed by atoms with Gasteiger partial charge >= 0.3 is 14.8 Å². The summed E-state index contributed by atoms with van der Waals surface area (Å²) in [7, 11) is 3.98. The Balaban J connectivity index is 3.90. The molecule has 96 valence electrons. The van der Waals surface area contributed by atoms with Crippen LogP contribution in [0.5, 0.6) is 0 Å². The van der Waals surface area contributed by atoms with Crippen LogP contribution < -0.4 is 0 Å². The fourth-order valence-corrected chi connectivity index (χ4v) is 3.14. The molecular formula is C9H21NO5Si. The molecule has 7 heteroatoms. The highest BCUT2D eigenvalue weighted by atomic mass is 28.4. The number of likely N-dealkylation sites (N-methyl/N-ethyl adjacent to an activating group) is 1. The van der Waals surface area contributed by atoms with Gasteiger partial charge in [0.2, 0.25) is 0 Å². The molecule has 0 unspecified atom stereocenters. The number of hydrogen-bond donors (Lipinski definition) is 1. The van der Waals surface area contributed by atoms with Crippen LogP contribution in [0.1, 0.15) is 6.42 Å². The van der Waals surface area contributed by atoms with E-state index in [1.807, 2.05) is 0 Å². The van der Waals surface area contributed by atoms with E-state index < -0.39 is 14.8 Å². The van der Waals surface area contributed by atoms with Crippen molar-refractivity contribution in [3.05, 3.63) is 0 Å². The van der Waals surface area contributed by atoms with E-state index in [1.165, 1.54) is 0 Å². The first-order valence-electron chi connectivity index (χ1n) is 5.05. The second-order valence-electron chi connectivity index (χ2n) is 3.53. The van der Waals surface area contributed by atoms with Crippen molar-refractivity contribution in [3.63, 3.8) is 0 Å². The zero-order valence-electron chi connectivity index (χ0n) is 10.4. The number of rotatable bonds is 9. The van der Waals surface area contributed by atoms with Crippen molar-refractivity contribution in [1.29, 1.82) is 0 Å². The molecule has 16 heavy (non-hydrogen) atoms. The molecule has 0 atom stereocenters. The summed E-state index contributed by atoms with van der Waals surface area (Å²) in [5, 5.41) is 8.57. The highest BCUT2D eigenvalue weighted by Crippen LogP contribution is 2.14. The first-order valence-corrected chi connectivity index (χ1v) is 6.98.